The van der Waals surface area contributed by atoms with Gasteiger partial charge in [0.15, 0.2) is 0 Å². The molecular formula is C13H20F2N2O. The van der Waals surface area contributed by atoms with Crippen molar-refractivity contribution < 1.29 is 13.5 Å². The van der Waals surface area contributed by atoms with Crippen LogP contribution in [0.4, 0.5) is 8.78 Å². The molecule has 1 saturated heterocycles. The van der Waals surface area contributed by atoms with Crippen LogP contribution in [-0.4, -0.2) is 16.4 Å². The minimum atomic E-state index is -2.89. The Balaban J connectivity index is 2.39. The van der Waals surface area contributed by atoms with Crippen LogP contribution in [0.25, 0.3) is 0 Å². The molecule has 1 atom stereocenters. The summed E-state index contributed by atoms with van der Waals surface area (Å²) in [5.41, 5.74) is 1.36. The zero-order valence-electron chi connectivity index (χ0n) is 11.2. The van der Waals surface area contributed by atoms with Gasteiger partial charge in [-0.15, -0.1) is 0 Å². The van der Waals surface area contributed by atoms with Crippen LogP contribution in [0.5, 0.6) is 0 Å². The van der Waals surface area contributed by atoms with Crippen LogP contribution in [0.15, 0.2) is 0 Å². The SMILES string of the molecule is CCc1c(C(C)(F)F)nn(C2CCCCO2)c1C. The van der Waals surface area contributed by atoms with Gasteiger partial charge in [0.05, 0.1) is 0 Å². The highest BCUT2D eigenvalue weighted by molar-refractivity contribution is 5.28. The first-order chi connectivity index (χ1) is 8.45. The van der Waals surface area contributed by atoms with Crippen LogP contribution in [0, 0.1) is 6.92 Å². The van der Waals surface area contributed by atoms with Crippen molar-refractivity contribution in [2.75, 3.05) is 6.61 Å². The maximum absolute atomic E-state index is 13.5. The van der Waals surface area contributed by atoms with Gasteiger partial charge in [0, 0.05) is 24.8 Å². The molecule has 1 fully saturated rings. The quantitative estimate of drug-likeness (QED) is 0.828. The average Bonchev–Trinajstić information content (AvgIpc) is 2.67. The third-order valence-corrected chi connectivity index (χ3v) is 3.47. The fraction of sp³-hybridized carbons (Fsp3) is 0.769. The van der Waals surface area contributed by atoms with Crippen LogP contribution in [0.3, 0.4) is 0 Å². The Morgan fingerprint density at radius 3 is 2.61 bits per heavy atom. The van der Waals surface area contributed by atoms with Gasteiger partial charge in [0.2, 0.25) is 0 Å². The minimum absolute atomic E-state index is 0.100. The van der Waals surface area contributed by atoms with E-state index in [9.17, 15) is 8.78 Å². The van der Waals surface area contributed by atoms with Crippen molar-refractivity contribution in [1.82, 2.24) is 9.78 Å². The molecule has 5 heteroatoms. The summed E-state index contributed by atoms with van der Waals surface area (Å²) in [4.78, 5) is 0. The number of alkyl halides is 2. The van der Waals surface area contributed by atoms with Crippen molar-refractivity contribution in [3.05, 3.63) is 17.0 Å². The molecule has 1 unspecified atom stereocenters. The maximum Gasteiger partial charge on any atom is 0.289 e. The molecule has 2 heterocycles. The van der Waals surface area contributed by atoms with E-state index in [-0.39, 0.29) is 11.9 Å². The summed E-state index contributed by atoms with van der Waals surface area (Å²) in [6.07, 6.45) is 3.33. The number of nitrogens with zero attached hydrogens (tertiary/aromatic N) is 2. The molecule has 0 saturated carbocycles. The number of halogens is 2. The van der Waals surface area contributed by atoms with E-state index in [4.69, 9.17) is 4.74 Å². The first kappa shape index (κ1) is 13.5. The van der Waals surface area contributed by atoms with E-state index in [1.54, 1.807) is 4.68 Å². The van der Waals surface area contributed by atoms with Gasteiger partial charge in [-0.25, -0.2) is 4.68 Å². The monoisotopic (exact) mass is 258 g/mol. The third-order valence-electron chi connectivity index (χ3n) is 3.47. The van der Waals surface area contributed by atoms with E-state index in [2.05, 4.69) is 5.10 Å². The molecule has 1 aromatic rings. The highest BCUT2D eigenvalue weighted by atomic mass is 19.3. The fourth-order valence-corrected chi connectivity index (χ4v) is 2.53. The van der Waals surface area contributed by atoms with Crippen LogP contribution in [0.2, 0.25) is 0 Å². The Morgan fingerprint density at radius 2 is 2.17 bits per heavy atom. The van der Waals surface area contributed by atoms with Gasteiger partial charge in [-0.2, -0.15) is 13.9 Å². The van der Waals surface area contributed by atoms with E-state index in [0.29, 0.717) is 18.6 Å². The Bertz CT molecular complexity index is 417. The molecule has 0 amide bonds. The van der Waals surface area contributed by atoms with Crippen molar-refractivity contribution in [2.24, 2.45) is 0 Å². The number of aromatic nitrogens is 2. The molecule has 0 bridgehead atoms. The smallest absolute Gasteiger partial charge is 0.289 e. The molecule has 0 aliphatic carbocycles. The van der Waals surface area contributed by atoms with Crippen molar-refractivity contribution in [3.63, 3.8) is 0 Å². The number of hydrogen-bond donors (Lipinski definition) is 0. The molecule has 1 aliphatic rings. The lowest BCUT2D eigenvalue weighted by Gasteiger charge is -2.24. The fourth-order valence-electron chi connectivity index (χ4n) is 2.53. The summed E-state index contributed by atoms with van der Waals surface area (Å²) in [6, 6.07) is 0. The van der Waals surface area contributed by atoms with Crippen LogP contribution in [0.1, 0.15) is 56.3 Å². The van der Waals surface area contributed by atoms with Crippen molar-refractivity contribution in [2.45, 2.75) is 58.6 Å². The molecule has 102 valence electrons. The lowest BCUT2D eigenvalue weighted by molar-refractivity contribution is -0.0433. The molecule has 0 N–H and O–H groups in total. The van der Waals surface area contributed by atoms with Crippen LogP contribution >= 0.6 is 0 Å². The third kappa shape index (κ3) is 2.41. The molecule has 0 radical (unpaired) electrons. The van der Waals surface area contributed by atoms with E-state index in [1.807, 2.05) is 13.8 Å². The van der Waals surface area contributed by atoms with Gasteiger partial charge in [-0.1, -0.05) is 6.92 Å². The first-order valence-electron chi connectivity index (χ1n) is 6.53. The first-order valence-corrected chi connectivity index (χ1v) is 6.53. The number of hydrogen-bond acceptors (Lipinski definition) is 2. The highest BCUT2D eigenvalue weighted by Crippen LogP contribution is 2.33. The predicted molar refractivity (Wildman–Crippen MR) is 64.8 cm³/mol. The Hall–Kier alpha value is -0.970. The highest BCUT2D eigenvalue weighted by Gasteiger charge is 2.34. The lowest BCUT2D eigenvalue weighted by Crippen LogP contribution is -2.21. The Kier molecular flexibility index (Phi) is 3.71. The van der Waals surface area contributed by atoms with Gasteiger partial charge in [-0.05, 0) is 32.6 Å². The predicted octanol–water partition coefficient (Wildman–Crippen LogP) is 3.56. The van der Waals surface area contributed by atoms with Gasteiger partial charge in [0.25, 0.3) is 5.92 Å². The Morgan fingerprint density at radius 1 is 1.44 bits per heavy atom. The molecule has 18 heavy (non-hydrogen) atoms. The van der Waals surface area contributed by atoms with Crippen LogP contribution in [-0.2, 0) is 17.1 Å². The summed E-state index contributed by atoms with van der Waals surface area (Å²) in [7, 11) is 0. The number of ether oxygens (including phenoxy) is 1. The van der Waals surface area contributed by atoms with Crippen molar-refractivity contribution in [3.8, 4) is 0 Å². The summed E-state index contributed by atoms with van der Waals surface area (Å²) >= 11 is 0. The van der Waals surface area contributed by atoms with Gasteiger partial charge >= 0.3 is 0 Å². The standard InChI is InChI=1S/C13H20F2N2O/c1-4-10-9(2)17(11-7-5-6-8-18-11)16-12(10)13(3,14)15/h11H,4-8H2,1-3H3. The van der Waals surface area contributed by atoms with Gasteiger partial charge < -0.3 is 4.74 Å². The van der Waals surface area contributed by atoms with Gasteiger partial charge in [0.1, 0.15) is 11.9 Å². The summed E-state index contributed by atoms with van der Waals surface area (Å²) in [6.45, 7) is 5.31. The summed E-state index contributed by atoms with van der Waals surface area (Å²) < 4.78 is 34.4. The van der Waals surface area contributed by atoms with E-state index in [1.165, 1.54) is 0 Å². The second kappa shape index (κ2) is 4.96. The molecule has 2 rings (SSSR count). The van der Waals surface area contributed by atoms with Crippen molar-refractivity contribution in [1.29, 1.82) is 0 Å². The average molecular weight is 258 g/mol. The molecular weight excluding hydrogens is 238 g/mol. The zero-order chi connectivity index (χ0) is 13.3. The molecule has 0 aromatic carbocycles. The molecule has 1 aromatic heterocycles. The summed E-state index contributed by atoms with van der Waals surface area (Å²) in [5, 5.41) is 4.12. The van der Waals surface area contributed by atoms with E-state index >= 15 is 0 Å². The second-order valence-corrected chi connectivity index (χ2v) is 4.92. The molecule has 1 aliphatic heterocycles. The largest absolute Gasteiger partial charge is 0.357 e. The second-order valence-electron chi connectivity index (χ2n) is 4.92. The summed E-state index contributed by atoms with van der Waals surface area (Å²) in [5.74, 6) is -2.89. The van der Waals surface area contributed by atoms with E-state index in [0.717, 1.165) is 31.9 Å². The molecule has 3 nitrogen and oxygen atoms in total. The maximum atomic E-state index is 13.5. The van der Waals surface area contributed by atoms with Crippen LogP contribution < -0.4 is 0 Å². The molecule has 0 spiro atoms. The topological polar surface area (TPSA) is 27.1 Å². The normalized spacial score (nSPS) is 21.3. The Labute approximate surface area is 106 Å². The van der Waals surface area contributed by atoms with Gasteiger partial charge in [-0.3, -0.25) is 0 Å². The van der Waals surface area contributed by atoms with Crippen molar-refractivity contribution >= 4 is 0 Å². The van der Waals surface area contributed by atoms with E-state index < -0.39 is 5.92 Å². The lowest BCUT2D eigenvalue weighted by atomic mass is 10.1. The number of rotatable bonds is 3. The minimum Gasteiger partial charge on any atom is -0.357 e. The zero-order valence-corrected chi connectivity index (χ0v) is 11.2.